The number of hydrogen-bond donors (Lipinski definition) is 0. The van der Waals surface area contributed by atoms with E-state index in [0.717, 1.165) is 60.8 Å². The van der Waals surface area contributed by atoms with E-state index in [1.54, 1.807) is 0 Å². The zero-order valence-electron chi connectivity index (χ0n) is 24.5. The first kappa shape index (κ1) is 26.0. The summed E-state index contributed by atoms with van der Waals surface area (Å²) in [5, 5.41) is 1.96. The van der Waals surface area contributed by atoms with Gasteiger partial charge in [0.05, 0.1) is 5.56 Å². The Kier molecular flexibility index (Phi) is 6.03. The van der Waals surface area contributed by atoms with Crippen LogP contribution in [0.2, 0.25) is 0 Å². The first-order valence-electron chi connectivity index (χ1n) is 15.1. The molecule has 0 unspecified atom stereocenters. The summed E-state index contributed by atoms with van der Waals surface area (Å²) in [6.45, 7) is 0. The lowest BCUT2D eigenvalue weighted by atomic mass is 9.98. The summed E-state index contributed by atoms with van der Waals surface area (Å²) in [6.07, 6.45) is 0. The van der Waals surface area contributed by atoms with Gasteiger partial charge in [0.1, 0.15) is 16.7 Å². The Balaban J connectivity index is 1.26. The van der Waals surface area contributed by atoms with Gasteiger partial charge in [0, 0.05) is 33.0 Å². The summed E-state index contributed by atoms with van der Waals surface area (Å²) >= 11 is 0. The summed E-state index contributed by atoms with van der Waals surface area (Å²) < 4.78 is 12.8. The van der Waals surface area contributed by atoms with Crippen molar-refractivity contribution in [2.45, 2.75) is 0 Å². The second-order valence-electron chi connectivity index (χ2n) is 11.0. The van der Waals surface area contributed by atoms with Gasteiger partial charge in [-0.25, -0.2) is 19.9 Å². The number of furan rings is 1. The Morgan fingerprint density at radius 3 is 1.59 bits per heavy atom. The number of nitrogens with zero attached hydrogens (tertiary/aromatic N) is 4. The van der Waals surface area contributed by atoms with Gasteiger partial charge in [-0.1, -0.05) is 115 Å². The molecule has 0 saturated heterocycles. The Labute approximate surface area is 263 Å². The van der Waals surface area contributed by atoms with Gasteiger partial charge in [-0.15, -0.1) is 0 Å². The summed E-state index contributed by atoms with van der Waals surface area (Å²) in [4.78, 5) is 19.7. The second kappa shape index (κ2) is 10.6. The minimum Gasteiger partial charge on any atom is -0.455 e. The zero-order valence-corrected chi connectivity index (χ0v) is 24.5. The molecule has 0 atom stereocenters. The van der Waals surface area contributed by atoms with Crippen LogP contribution < -0.4 is 0 Å². The van der Waals surface area contributed by atoms with Gasteiger partial charge in [-0.05, 0) is 35.9 Å². The molecule has 0 saturated carbocycles. The molecule has 6 aromatic carbocycles. The minimum absolute atomic E-state index is 0.546. The summed E-state index contributed by atoms with van der Waals surface area (Å²) in [5.74, 6) is 2.34. The maximum atomic E-state index is 6.63. The molecule has 0 spiro atoms. The highest BCUT2D eigenvalue weighted by molar-refractivity contribution is 6.16. The van der Waals surface area contributed by atoms with Crippen LogP contribution >= 0.6 is 0 Å². The monoisotopic (exact) mass is 592 g/mol. The van der Waals surface area contributed by atoms with E-state index in [1.165, 1.54) is 0 Å². The first-order chi connectivity index (χ1) is 22.8. The van der Waals surface area contributed by atoms with Crippen molar-refractivity contribution in [1.82, 2.24) is 19.9 Å². The average Bonchev–Trinajstić information content (AvgIpc) is 3.75. The van der Waals surface area contributed by atoms with Crippen molar-refractivity contribution in [3.8, 4) is 56.7 Å². The van der Waals surface area contributed by atoms with Crippen molar-refractivity contribution in [3.05, 3.63) is 146 Å². The predicted molar refractivity (Wildman–Crippen MR) is 182 cm³/mol. The van der Waals surface area contributed by atoms with E-state index in [0.29, 0.717) is 28.9 Å². The van der Waals surface area contributed by atoms with E-state index < -0.39 is 0 Å². The van der Waals surface area contributed by atoms with Crippen molar-refractivity contribution >= 4 is 33.0 Å². The van der Waals surface area contributed by atoms with E-state index >= 15 is 0 Å². The lowest BCUT2D eigenvalue weighted by molar-refractivity contribution is 0.620. The number of hydrogen-bond acceptors (Lipinski definition) is 6. The van der Waals surface area contributed by atoms with E-state index in [2.05, 4.69) is 18.2 Å². The molecule has 0 bridgehead atoms. The Bertz CT molecular complexity index is 2460. The number of para-hydroxylation sites is 2. The van der Waals surface area contributed by atoms with Gasteiger partial charge in [-0.2, -0.15) is 0 Å². The molecule has 9 rings (SSSR count). The highest BCUT2D eigenvalue weighted by Gasteiger charge is 2.21. The van der Waals surface area contributed by atoms with Crippen LogP contribution in [0.3, 0.4) is 0 Å². The Morgan fingerprint density at radius 1 is 0.370 bits per heavy atom. The largest absolute Gasteiger partial charge is 0.455 e. The molecule has 3 aromatic heterocycles. The summed E-state index contributed by atoms with van der Waals surface area (Å²) in [7, 11) is 0. The maximum absolute atomic E-state index is 6.63. The highest BCUT2D eigenvalue weighted by Crippen LogP contribution is 2.42. The maximum Gasteiger partial charge on any atom is 0.227 e. The van der Waals surface area contributed by atoms with Gasteiger partial charge < -0.3 is 8.83 Å². The zero-order chi connectivity index (χ0) is 30.5. The van der Waals surface area contributed by atoms with E-state index in [-0.39, 0.29) is 0 Å². The average molecular weight is 593 g/mol. The molecule has 9 aromatic rings. The molecule has 6 nitrogen and oxygen atoms in total. The molecule has 0 aliphatic rings. The van der Waals surface area contributed by atoms with Crippen molar-refractivity contribution in [2.75, 3.05) is 0 Å². The van der Waals surface area contributed by atoms with Crippen molar-refractivity contribution < 1.29 is 8.83 Å². The third-order valence-corrected chi connectivity index (χ3v) is 8.19. The normalized spacial score (nSPS) is 11.5. The second-order valence-corrected chi connectivity index (χ2v) is 11.0. The highest BCUT2D eigenvalue weighted by atomic mass is 16.3. The smallest absolute Gasteiger partial charge is 0.227 e. The fraction of sp³-hybridized carbons (Fsp3) is 0. The third kappa shape index (κ3) is 4.35. The van der Waals surface area contributed by atoms with Crippen LogP contribution in [0.5, 0.6) is 0 Å². The molecule has 0 aliphatic heterocycles. The molecule has 6 heteroatoms. The van der Waals surface area contributed by atoms with Gasteiger partial charge in [-0.3, -0.25) is 0 Å². The van der Waals surface area contributed by atoms with Crippen molar-refractivity contribution in [2.24, 2.45) is 0 Å². The number of benzene rings is 6. The van der Waals surface area contributed by atoms with Crippen molar-refractivity contribution in [1.29, 1.82) is 0 Å². The van der Waals surface area contributed by atoms with Gasteiger partial charge in [0.15, 0.2) is 23.1 Å². The fourth-order valence-electron chi connectivity index (χ4n) is 6.05. The van der Waals surface area contributed by atoms with Gasteiger partial charge >= 0.3 is 0 Å². The summed E-state index contributed by atoms with van der Waals surface area (Å²) in [5.41, 5.74) is 8.56. The molecule has 216 valence electrons. The quantitative estimate of drug-likeness (QED) is 0.198. The molecule has 0 radical (unpaired) electrons. The van der Waals surface area contributed by atoms with Crippen LogP contribution in [0, 0.1) is 0 Å². The summed E-state index contributed by atoms with van der Waals surface area (Å²) in [6, 6.07) is 48.2. The van der Waals surface area contributed by atoms with Crippen LogP contribution in [-0.4, -0.2) is 19.9 Å². The molecule has 0 N–H and O–H groups in total. The van der Waals surface area contributed by atoms with E-state index in [9.17, 15) is 0 Å². The molecular formula is C40H24N4O2. The van der Waals surface area contributed by atoms with Crippen LogP contribution in [0.4, 0.5) is 0 Å². The van der Waals surface area contributed by atoms with E-state index in [4.69, 9.17) is 28.8 Å². The molecule has 46 heavy (non-hydrogen) atoms. The van der Waals surface area contributed by atoms with Gasteiger partial charge in [0.25, 0.3) is 0 Å². The topological polar surface area (TPSA) is 77.8 Å². The van der Waals surface area contributed by atoms with Gasteiger partial charge in [0.2, 0.25) is 5.89 Å². The molecular weight excluding hydrogens is 568 g/mol. The number of rotatable bonds is 5. The third-order valence-electron chi connectivity index (χ3n) is 8.19. The lowest BCUT2D eigenvalue weighted by Crippen LogP contribution is -2.00. The van der Waals surface area contributed by atoms with Crippen LogP contribution in [0.1, 0.15) is 0 Å². The molecule has 0 amide bonds. The minimum atomic E-state index is 0.546. The molecule has 0 fully saturated rings. The van der Waals surface area contributed by atoms with Crippen LogP contribution in [0.15, 0.2) is 154 Å². The van der Waals surface area contributed by atoms with Crippen LogP contribution in [0.25, 0.3) is 89.8 Å². The lowest BCUT2D eigenvalue weighted by Gasteiger charge is -2.08. The molecule has 3 heterocycles. The molecule has 0 aliphatic carbocycles. The number of oxazole rings is 1. The number of fused-ring (bicyclic) bond motifs is 4. The van der Waals surface area contributed by atoms with E-state index in [1.807, 2.05) is 127 Å². The van der Waals surface area contributed by atoms with Crippen molar-refractivity contribution in [3.63, 3.8) is 0 Å². The Morgan fingerprint density at radius 2 is 0.913 bits per heavy atom. The fourth-order valence-corrected chi connectivity index (χ4v) is 6.05. The predicted octanol–water partition coefficient (Wildman–Crippen LogP) is 10.2. The first-order valence-corrected chi connectivity index (χ1v) is 15.1. The number of aromatic nitrogens is 4. The Hall–Kier alpha value is -6.40. The standard InChI is InChI=1S/C40H24N4O2/c1-4-13-25(14-5-1)37-42-38(26-15-6-2-7-16-26)44-39(43-37)31-22-10-21-30-34-28(19-11-23-32(34)45-36(30)31)29-20-12-24-33-35(29)41-40(46-33)27-17-8-3-9-18-27/h1-24H. The SMILES string of the molecule is c1ccc(-c2nc(-c3ccccc3)nc(-c3cccc4c3oc3cccc(-c5cccc6oc(-c7ccccc7)nc56)c34)n2)cc1. The van der Waals surface area contributed by atoms with Crippen LogP contribution in [-0.2, 0) is 0 Å².